The quantitative estimate of drug-likeness (QED) is 0.298. The van der Waals surface area contributed by atoms with E-state index in [4.69, 9.17) is 14.2 Å². The fourth-order valence-corrected chi connectivity index (χ4v) is 7.70. The van der Waals surface area contributed by atoms with Crippen LogP contribution in [-0.2, 0) is 28.6 Å². The molecule has 4 aliphatic carbocycles. The van der Waals surface area contributed by atoms with Gasteiger partial charge in [0.05, 0.1) is 23.9 Å². The highest BCUT2D eigenvalue weighted by atomic mass is 16.6. The summed E-state index contributed by atoms with van der Waals surface area (Å²) in [5.41, 5.74) is -2.83. The third-order valence-corrected chi connectivity index (χ3v) is 10.5. The Labute approximate surface area is 211 Å². The van der Waals surface area contributed by atoms with E-state index >= 15 is 0 Å². The molecule has 0 radical (unpaired) electrons. The van der Waals surface area contributed by atoms with Gasteiger partial charge in [0.1, 0.15) is 11.2 Å². The minimum atomic E-state index is -0.880. The Hall–Kier alpha value is -1.59. The van der Waals surface area contributed by atoms with E-state index in [-0.39, 0.29) is 42.5 Å². The van der Waals surface area contributed by atoms with Gasteiger partial charge in [0, 0.05) is 5.92 Å². The molecule has 1 heterocycles. The molecule has 3 atom stereocenters. The Balaban J connectivity index is 1.45. The summed E-state index contributed by atoms with van der Waals surface area (Å²) < 4.78 is 17.7. The number of ether oxygens (including phenoxy) is 3. The van der Waals surface area contributed by atoms with Crippen LogP contribution in [0.25, 0.3) is 0 Å². The molecule has 0 aromatic rings. The summed E-state index contributed by atoms with van der Waals surface area (Å²) in [6, 6.07) is 0. The molecular formula is C29H46O6. The minimum absolute atomic E-state index is 0.154. The second kappa shape index (κ2) is 9.06. The predicted octanol–water partition coefficient (Wildman–Crippen LogP) is 5.85. The summed E-state index contributed by atoms with van der Waals surface area (Å²) in [5, 5.41) is 0. The Kier molecular flexibility index (Phi) is 6.85. The van der Waals surface area contributed by atoms with Crippen LogP contribution in [0.1, 0.15) is 106 Å². The number of carbonyl (C=O) groups is 3. The number of esters is 3. The number of hydrogen-bond acceptors (Lipinski definition) is 6. The molecule has 5 aliphatic rings. The van der Waals surface area contributed by atoms with Crippen molar-refractivity contribution in [2.75, 3.05) is 6.61 Å². The van der Waals surface area contributed by atoms with Crippen LogP contribution < -0.4 is 0 Å². The third kappa shape index (κ3) is 4.75. The highest BCUT2D eigenvalue weighted by molar-refractivity contribution is 5.81. The first-order valence-corrected chi connectivity index (χ1v) is 13.9. The van der Waals surface area contributed by atoms with Crippen LogP contribution in [0.15, 0.2) is 0 Å². The van der Waals surface area contributed by atoms with Crippen molar-refractivity contribution >= 4 is 17.9 Å². The lowest BCUT2D eigenvalue weighted by Gasteiger charge is -2.59. The number of carbonyl (C=O) groups excluding carboxylic acids is 3. The van der Waals surface area contributed by atoms with Crippen molar-refractivity contribution in [2.24, 2.45) is 40.4 Å². The van der Waals surface area contributed by atoms with Crippen LogP contribution in [0.2, 0.25) is 0 Å². The Morgan fingerprint density at radius 2 is 1.51 bits per heavy atom. The molecule has 4 saturated carbocycles. The molecule has 6 nitrogen and oxygen atoms in total. The smallest absolute Gasteiger partial charge is 0.312 e. The Morgan fingerprint density at radius 3 is 1.97 bits per heavy atom. The number of rotatable bonds is 9. The van der Waals surface area contributed by atoms with Crippen LogP contribution >= 0.6 is 0 Å². The molecule has 5 rings (SSSR count). The zero-order valence-electron chi connectivity index (χ0n) is 22.9. The molecule has 1 aliphatic heterocycles. The van der Waals surface area contributed by atoms with Gasteiger partial charge in [-0.1, -0.05) is 13.8 Å². The normalized spacial score (nSPS) is 37.3. The van der Waals surface area contributed by atoms with E-state index in [2.05, 4.69) is 6.92 Å². The Morgan fingerprint density at radius 1 is 0.943 bits per heavy atom. The fraction of sp³-hybridized carbons (Fsp3) is 0.897. The van der Waals surface area contributed by atoms with Gasteiger partial charge in [-0.05, 0) is 110 Å². The van der Waals surface area contributed by atoms with Crippen LogP contribution in [0.5, 0.6) is 0 Å². The average molecular weight is 491 g/mol. The van der Waals surface area contributed by atoms with Gasteiger partial charge >= 0.3 is 17.9 Å². The Bertz CT molecular complexity index is 833. The highest BCUT2D eigenvalue weighted by Crippen LogP contribution is 2.60. The van der Waals surface area contributed by atoms with E-state index in [9.17, 15) is 14.4 Å². The SMILES string of the molecule is CCC(C)(CC(C)(C)C(=O)OC(C)(CC)C1COC(=O)C1)C(=O)OC1(C)C2CC3CC(C2)CC1C3. The van der Waals surface area contributed by atoms with Crippen molar-refractivity contribution in [1.29, 1.82) is 0 Å². The minimum Gasteiger partial charge on any atom is -0.465 e. The first-order chi connectivity index (χ1) is 16.2. The van der Waals surface area contributed by atoms with Crippen molar-refractivity contribution in [3.8, 4) is 0 Å². The topological polar surface area (TPSA) is 78.9 Å². The molecule has 0 aromatic heterocycles. The molecule has 6 heteroatoms. The zero-order valence-corrected chi connectivity index (χ0v) is 22.9. The van der Waals surface area contributed by atoms with Crippen molar-refractivity contribution in [2.45, 2.75) is 117 Å². The van der Waals surface area contributed by atoms with Gasteiger partial charge in [-0.25, -0.2) is 0 Å². The van der Waals surface area contributed by atoms with Crippen LogP contribution in [0.4, 0.5) is 0 Å². The second-order valence-corrected chi connectivity index (χ2v) is 13.5. The standard InChI is InChI=1S/C29H46O6/c1-8-27(5,25(32)35-29(7)20-11-18-10-19(13-20)14-21(29)12-18)17-26(3,4)24(31)34-28(6,9-2)22-15-23(30)33-16-22/h18-22H,8-17H2,1-7H3. The first-order valence-electron chi connectivity index (χ1n) is 13.9. The van der Waals surface area contributed by atoms with Crippen LogP contribution in [-0.4, -0.2) is 35.7 Å². The number of hydrogen-bond donors (Lipinski definition) is 0. The maximum absolute atomic E-state index is 13.8. The van der Waals surface area contributed by atoms with Crippen molar-refractivity contribution in [3.05, 3.63) is 0 Å². The van der Waals surface area contributed by atoms with E-state index in [1.165, 1.54) is 32.1 Å². The maximum atomic E-state index is 13.8. The fourth-order valence-electron chi connectivity index (χ4n) is 7.70. The van der Waals surface area contributed by atoms with Crippen molar-refractivity contribution in [1.82, 2.24) is 0 Å². The molecule has 4 bridgehead atoms. The second-order valence-electron chi connectivity index (χ2n) is 13.5. The molecule has 3 unspecified atom stereocenters. The molecule has 5 fully saturated rings. The average Bonchev–Trinajstić information content (AvgIpc) is 3.23. The van der Waals surface area contributed by atoms with Gasteiger partial charge in [-0.3, -0.25) is 14.4 Å². The first kappa shape index (κ1) is 26.5. The summed E-state index contributed by atoms with van der Waals surface area (Å²) in [4.78, 5) is 38.9. The van der Waals surface area contributed by atoms with Crippen molar-refractivity contribution < 1.29 is 28.6 Å². The van der Waals surface area contributed by atoms with Gasteiger partial charge < -0.3 is 14.2 Å². The summed E-state index contributed by atoms with van der Waals surface area (Å²) in [6.45, 7) is 13.9. The monoisotopic (exact) mass is 490 g/mol. The molecule has 198 valence electrons. The van der Waals surface area contributed by atoms with E-state index in [0.717, 1.165) is 11.8 Å². The summed E-state index contributed by atoms with van der Waals surface area (Å²) in [5.74, 6) is 1.63. The van der Waals surface area contributed by atoms with E-state index in [0.29, 0.717) is 31.1 Å². The van der Waals surface area contributed by atoms with Crippen LogP contribution in [0, 0.1) is 40.4 Å². The molecule has 0 aromatic carbocycles. The molecular weight excluding hydrogens is 444 g/mol. The lowest BCUT2D eigenvalue weighted by Crippen LogP contribution is -2.59. The summed E-state index contributed by atoms with van der Waals surface area (Å²) in [6.07, 6.45) is 7.88. The van der Waals surface area contributed by atoms with E-state index in [1.54, 1.807) is 0 Å². The molecule has 0 amide bonds. The highest BCUT2D eigenvalue weighted by Gasteiger charge is 2.58. The summed E-state index contributed by atoms with van der Waals surface area (Å²) in [7, 11) is 0. The molecule has 1 saturated heterocycles. The predicted molar refractivity (Wildman–Crippen MR) is 132 cm³/mol. The molecule has 0 spiro atoms. The van der Waals surface area contributed by atoms with E-state index < -0.39 is 16.4 Å². The maximum Gasteiger partial charge on any atom is 0.312 e. The summed E-state index contributed by atoms with van der Waals surface area (Å²) >= 11 is 0. The van der Waals surface area contributed by atoms with Gasteiger partial charge in [-0.15, -0.1) is 0 Å². The van der Waals surface area contributed by atoms with Gasteiger partial charge in [0.15, 0.2) is 0 Å². The lowest BCUT2D eigenvalue weighted by molar-refractivity contribution is -0.214. The van der Waals surface area contributed by atoms with Gasteiger partial charge in [0.25, 0.3) is 0 Å². The van der Waals surface area contributed by atoms with Crippen LogP contribution in [0.3, 0.4) is 0 Å². The third-order valence-electron chi connectivity index (χ3n) is 10.5. The van der Waals surface area contributed by atoms with Gasteiger partial charge in [-0.2, -0.15) is 0 Å². The lowest BCUT2D eigenvalue weighted by atomic mass is 9.50. The largest absolute Gasteiger partial charge is 0.465 e. The van der Waals surface area contributed by atoms with Gasteiger partial charge in [0.2, 0.25) is 0 Å². The molecule has 0 N–H and O–H groups in total. The van der Waals surface area contributed by atoms with Crippen molar-refractivity contribution in [3.63, 3.8) is 0 Å². The molecule has 35 heavy (non-hydrogen) atoms. The van der Waals surface area contributed by atoms with E-state index in [1.807, 2.05) is 41.5 Å². The zero-order chi connectivity index (χ0) is 25.8. The number of cyclic esters (lactones) is 1.